The van der Waals surface area contributed by atoms with Crippen molar-refractivity contribution in [1.82, 2.24) is 4.90 Å². The maximum Gasteiger partial charge on any atom is 0.307 e. The third-order valence-corrected chi connectivity index (χ3v) is 3.32. The number of hydrogen-bond donors (Lipinski definition) is 0. The number of hydrogen-bond acceptors (Lipinski definition) is 4. The van der Waals surface area contributed by atoms with Crippen molar-refractivity contribution in [1.29, 1.82) is 0 Å². The molecule has 0 atom stereocenters. The number of carbonyl (C=O) groups excluding carboxylic acids is 2. The second kappa shape index (κ2) is 9.95. The van der Waals surface area contributed by atoms with Gasteiger partial charge in [0, 0.05) is 31.9 Å². The van der Waals surface area contributed by atoms with E-state index in [0.29, 0.717) is 31.9 Å². The largest absolute Gasteiger partial charge is 0.469 e. The Bertz CT molecular complexity index is 470. The van der Waals surface area contributed by atoms with Gasteiger partial charge in [0.05, 0.1) is 13.5 Å². The number of methoxy groups -OCH3 is 1. The van der Waals surface area contributed by atoms with E-state index in [0.717, 1.165) is 12.0 Å². The summed E-state index contributed by atoms with van der Waals surface area (Å²) in [5.74, 6) is -0.382. The third kappa shape index (κ3) is 6.26. The Morgan fingerprint density at radius 3 is 2.41 bits per heavy atom. The van der Waals surface area contributed by atoms with E-state index in [1.165, 1.54) is 7.11 Å². The average Bonchev–Trinajstić information content (AvgIpc) is 2.54. The van der Waals surface area contributed by atoms with Crippen LogP contribution < -0.4 is 0 Å². The Kier molecular flexibility index (Phi) is 8.22. The fourth-order valence-electron chi connectivity index (χ4n) is 2.02. The maximum absolute atomic E-state index is 12.6. The number of rotatable bonds is 9. The molecule has 0 spiro atoms. The molecule has 0 aliphatic heterocycles. The number of ether oxygens (including phenoxy) is 2. The molecule has 1 amide bonds. The van der Waals surface area contributed by atoms with Gasteiger partial charge < -0.3 is 14.4 Å². The molecule has 1 rings (SSSR count). The monoisotopic (exact) mass is 307 g/mol. The number of nitrogens with zero attached hydrogens (tertiary/aromatic N) is 1. The molecule has 1 aromatic carbocycles. The molecular weight excluding hydrogens is 282 g/mol. The standard InChI is InChI=1S/C17H25NO4/c1-4-22-13-5-11-18(12-10-16(19)21-3)17(20)15-8-6-14(2)7-9-15/h6-9H,4-5,10-13H2,1-3H3. The van der Waals surface area contributed by atoms with Gasteiger partial charge in [-0.25, -0.2) is 0 Å². The zero-order valence-corrected chi connectivity index (χ0v) is 13.6. The van der Waals surface area contributed by atoms with Crippen molar-refractivity contribution in [3.05, 3.63) is 35.4 Å². The Morgan fingerprint density at radius 2 is 1.82 bits per heavy atom. The van der Waals surface area contributed by atoms with E-state index >= 15 is 0 Å². The van der Waals surface area contributed by atoms with E-state index in [2.05, 4.69) is 4.74 Å². The summed E-state index contributed by atoms with van der Waals surface area (Å²) in [6.07, 6.45) is 0.940. The lowest BCUT2D eigenvalue weighted by atomic mass is 10.1. The van der Waals surface area contributed by atoms with E-state index in [1.54, 1.807) is 4.90 Å². The molecule has 0 aromatic heterocycles. The molecule has 0 aliphatic rings. The second-order valence-electron chi connectivity index (χ2n) is 5.03. The van der Waals surface area contributed by atoms with Gasteiger partial charge in [-0.15, -0.1) is 0 Å². The normalized spacial score (nSPS) is 10.3. The molecular formula is C17H25NO4. The molecule has 0 aliphatic carbocycles. The summed E-state index contributed by atoms with van der Waals surface area (Å²) in [6.45, 7) is 6.09. The smallest absolute Gasteiger partial charge is 0.307 e. The highest BCUT2D eigenvalue weighted by molar-refractivity contribution is 5.94. The van der Waals surface area contributed by atoms with Crippen molar-refractivity contribution >= 4 is 11.9 Å². The summed E-state index contributed by atoms with van der Waals surface area (Å²) in [4.78, 5) is 25.5. The molecule has 0 N–H and O–H groups in total. The molecule has 0 unspecified atom stereocenters. The third-order valence-electron chi connectivity index (χ3n) is 3.32. The van der Waals surface area contributed by atoms with Gasteiger partial charge in [0.1, 0.15) is 0 Å². The Balaban J connectivity index is 2.67. The van der Waals surface area contributed by atoms with Crippen molar-refractivity contribution in [2.45, 2.75) is 26.7 Å². The fraction of sp³-hybridized carbons (Fsp3) is 0.529. The predicted octanol–water partition coefficient (Wildman–Crippen LogP) is 2.43. The van der Waals surface area contributed by atoms with Crippen LogP contribution in [0.2, 0.25) is 0 Å². The molecule has 0 saturated heterocycles. The lowest BCUT2D eigenvalue weighted by molar-refractivity contribution is -0.140. The molecule has 0 heterocycles. The summed E-state index contributed by atoms with van der Waals surface area (Å²) in [6, 6.07) is 7.44. The van der Waals surface area contributed by atoms with E-state index in [9.17, 15) is 9.59 Å². The Labute approximate surface area is 132 Å². The summed E-state index contributed by atoms with van der Waals surface area (Å²) < 4.78 is 9.95. The zero-order valence-electron chi connectivity index (χ0n) is 13.6. The summed E-state index contributed by atoms with van der Waals surface area (Å²) >= 11 is 0. The van der Waals surface area contributed by atoms with E-state index in [4.69, 9.17) is 4.74 Å². The van der Waals surface area contributed by atoms with Crippen LogP contribution in [0.1, 0.15) is 35.7 Å². The minimum atomic E-state index is -0.313. The van der Waals surface area contributed by atoms with Crippen LogP contribution in [0.25, 0.3) is 0 Å². The number of carbonyl (C=O) groups is 2. The highest BCUT2D eigenvalue weighted by Gasteiger charge is 2.16. The quantitative estimate of drug-likeness (QED) is 0.519. The maximum atomic E-state index is 12.6. The summed E-state index contributed by atoms with van der Waals surface area (Å²) in [7, 11) is 1.35. The van der Waals surface area contributed by atoms with Crippen LogP contribution >= 0.6 is 0 Å². The number of esters is 1. The second-order valence-corrected chi connectivity index (χ2v) is 5.03. The molecule has 22 heavy (non-hydrogen) atoms. The van der Waals surface area contributed by atoms with Crippen LogP contribution in [0.3, 0.4) is 0 Å². The number of benzene rings is 1. The average molecular weight is 307 g/mol. The molecule has 122 valence electrons. The SMILES string of the molecule is CCOCCCN(CCC(=O)OC)C(=O)c1ccc(C)cc1. The van der Waals surface area contributed by atoms with Gasteiger partial charge in [-0.05, 0) is 32.4 Å². The van der Waals surface area contributed by atoms with E-state index in [1.807, 2.05) is 38.1 Å². The molecule has 0 radical (unpaired) electrons. The van der Waals surface area contributed by atoms with Crippen LogP contribution in [0, 0.1) is 6.92 Å². The van der Waals surface area contributed by atoms with Gasteiger partial charge in [0.15, 0.2) is 0 Å². The van der Waals surface area contributed by atoms with Gasteiger partial charge in [-0.1, -0.05) is 17.7 Å². The Hall–Kier alpha value is -1.88. The van der Waals surface area contributed by atoms with Gasteiger partial charge in [0.25, 0.3) is 5.91 Å². The first kappa shape index (κ1) is 18.2. The molecule has 0 saturated carbocycles. The van der Waals surface area contributed by atoms with Crippen LogP contribution in [-0.2, 0) is 14.3 Å². The molecule has 5 heteroatoms. The van der Waals surface area contributed by atoms with Gasteiger partial charge in [-0.3, -0.25) is 9.59 Å². The van der Waals surface area contributed by atoms with Gasteiger partial charge in [-0.2, -0.15) is 0 Å². The van der Waals surface area contributed by atoms with Crippen LogP contribution in [0.4, 0.5) is 0 Å². The summed E-state index contributed by atoms with van der Waals surface area (Å²) in [5, 5.41) is 0. The van der Waals surface area contributed by atoms with Crippen molar-refractivity contribution in [2.24, 2.45) is 0 Å². The lowest BCUT2D eigenvalue weighted by Gasteiger charge is -2.22. The highest BCUT2D eigenvalue weighted by atomic mass is 16.5. The molecule has 1 aromatic rings. The molecule has 0 fully saturated rings. The van der Waals surface area contributed by atoms with E-state index < -0.39 is 0 Å². The minimum Gasteiger partial charge on any atom is -0.469 e. The number of amides is 1. The lowest BCUT2D eigenvalue weighted by Crippen LogP contribution is -2.34. The minimum absolute atomic E-state index is 0.0691. The summed E-state index contributed by atoms with van der Waals surface area (Å²) in [5.41, 5.74) is 1.74. The van der Waals surface area contributed by atoms with Gasteiger partial charge in [0.2, 0.25) is 0 Å². The topological polar surface area (TPSA) is 55.8 Å². The Morgan fingerprint density at radius 1 is 1.14 bits per heavy atom. The predicted molar refractivity (Wildman–Crippen MR) is 84.8 cm³/mol. The van der Waals surface area contributed by atoms with Crippen molar-refractivity contribution in [3.63, 3.8) is 0 Å². The van der Waals surface area contributed by atoms with Gasteiger partial charge >= 0.3 is 5.97 Å². The first-order valence-electron chi connectivity index (χ1n) is 7.59. The van der Waals surface area contributed by atoms with Crippen molar-refractivity contribution < 1.29 is 19.1 Å². The molecule has 0 bridgehead atoms. The van der Waals surface area contributed by atoms with Crippen LogP contribution in [-0.4, -0.2) is 50.2 Å². The van der Waals surface area contributed by atoms with Crippen LogP contribution in [0.15, 0.2) is 24.3 Å². The van der Waals surface area contributed by atoms with E-state index in [-0.39, 0.29) is 18.3 Å². The first-order valence-corrected chi connectivity index (χ1v) is 7.59. The van der Waals surface area contributed by atoms with Crippen molar-refractivity contribution in [3.8, 4) is 0 Å². The number of aryl methyl sites for hydroxylation is 1. The molecule has 5 nitrogen and oxygen atoms in total. The first-order chi connectivity index (χ1) is 10.6. The fourth-order valence-corrected chi connectivity index (χ4v) is 2.02. The van der Waals surface area contributed by atoms with Crippen molar-refractivity contribution in [2.75, 3.05) is 33.4 Å². The zero-order chi connectivity index (χ0) is 16.4. The highest BCUT2D eigenvalue weighted by Crippen LogP contribution is 2.09. The van der Waals surface area contributed by atoms with Crippen LogP contribution in [0.5, 0.6) is 0 Å².